The van der Waals surface area contributed by atoms with E-state index in [1.807, 2.05) is 0 Å². The van der Waals surface area contributed by atoms with Crippen LogP contribution in [0, 0.1) is 11.3 Å². The van der Waals surface area contributed by atoms with Gasteiger partial charge in [0.25, 0.3) is 0 Å². The fourth-order valence-corrected chi connectivity index (χ4v) is 1.55. The van der Waals surface area contributed by atoms with E-state index in [1.54, 1.807) is 6.07 Å². The van der Waals surface area contributed by atoms with Crippen molar-refractivity contribution >= 4 is 25.6 Å². The van der Waals surface area contributed by atoms with Crippen LogP contribution in [0.15, 0.2) is 0 Å². The number of sulfone groups is 2. The molecule has 2 N–H and O–H groups in total. The normalized spacial score (nSPS) is 10.9. The van der Waals surface area contributed by atoms with Crippen LogP contribution < -0.4 is 5.73 Å². The first-order chi connectivity index (χ1) is 7.48. The van der Waals surface area contributed by atoms with Crippen LogP contribution in [0.3, 0.4) is 0 Å². The van der Waals surface area contributed by atoms with Gasteiger partial charge < -0.3 is 5.73 Å². The lowest BCUT2D eigenvalue weighted by Gasteiger charge is -1.91. The van der Waals surface area contributed by atoms with Crippen LogP contribution in [-0.4, -0.2) is 46.8 Å². The van der Waals surface area contributed by atoms with Crippen LogP contribution in [-0.2, 0) is 24.5 Å². The van der Waals surface area contributed by atoms with Crippen LogP contribution in [0.5, 0.6) is 0 Å². The summed E-state index contributed by atoms with van der Waals surface area (Å²) >= 11 is 0. The van der Waals surface area contributed by atoms with Crippen molar-refractivity contribution in [1.29, 1.82) is 5.26 Å². The molecule has 17 heavy (non-hydrogen) atoms. The largest absolute Gasteiger partial charge is 0.370 e. The molecule has 0 aliphatic carbocycles. The quantitative estimate of drug-likeness (QED) is 0.677. The van der Waals surface area contributed by atoms with Crippen molar-refractivity contribution in [1.82, 2.24) is 0 Å². The highest BCUT2D eigenvalue weighted by molar-refractivity contribution is 7.90. The molecule has 0 radical (unpaired) electrons. The van der Waals surface area contributed by atoms with Crippen molar-refractivity contribution in [3.05, 3.63) is 0 Å². The third-order valence-corrected chi connectivity index (χ3v) is 3.20. The van der Waals surface area contributed by atoms with E-state index in [1.165, 1.54) is 0 Å². The number of primary amides is 1. The fraction of sp³-hybridized carbons (Fsp3) is 0.750. The van der Waals surface area contributed by atoms with E-state index in [2.05, 4.69) is 0 Å². The van der Waals surface area contributed by atoms with Gasteiger partial charge in [0.2, 0.25) is 5.91 Å². The maximum absolute atomic E-state index is 10.3. The van der Waals surface area contributed by atoms with E-state index in [0.29, 0.717) is 0 Å². The van der Waals surface area contributed by atoms with Crippen molar-refractivity contribution in [3.8, 4) is 6.07 Å². The number of nitriles is 1. The topological polar surface area (TPSA) is 135 Å². The third kappa shape index (κ3) is 25.3. The Morgan fingerprint density at radius 3 is 1.65 bits per heavy atom. The minimum absolute atomic E-state index is 0.0243. The Kier molecular flexibility index (Phi) is 8.61. The maximum atomic E-state index is 10.3. The molecule has 0 aromatic rings. The summed E-state index contributed by atoms with van der Waals surface area (Å²) < 4.78 is 41.1. The summed E-state index contributed by atoms with van der Waals surface area (Å²) in [7, 11) is -5.93. The molecule has 0 aromatic carbocycles. The van der Waals surface area contributed by atoms with Gasteiger partial charge in [0, 0.05) is 25.4 Å². The van der Waals surface area contributed by atoms with Gasteiger partial charge >= 0.3 is 0 Å². The number of carbonyl (C=O) groups excluding carboxylic acids is 1. The number of rotatable bonds is 5. The highest BCUT2D eigenvalue weighted by atomic mass is 32.2. The Hall–Kier alpha value is -1.14. The van der Waals surface area contributed by atoms with Crippen molar-refractivity contribution < 1.29 is 21.6 Å². The minimum Gasteiger partial charge on any atom is -0.370 e. The van der Waals surface area contributed by atoms with E-state index in [-0.39, 0.29) is 24.3 Å². The standard InChI is InChI=1S/C4H9NO3S.C4H7NO2S/c1-9(7,8)3-2-4(5)6;1-8(6,7)4-2-3-5/h2-3H2,1H3,(H2,5,6);2,4H2,1H3. The Morgan fingerprint density at radius 1 is 1.12 bits per heavy atom. The van der Waals surface area contributed by atoms with Gasteiger partial charge in [0.05, 0.1) is 17.6 Å². The summed E-state index contributed by atoms with van der Waals surface area (Å²) in [5.41, 5.74) is 4.70. The molecule has 0 atom stereocenters. The highest BCUT2D eigenvalue weighted by Gasteiger charge is 2.03. The second-order valence-corrected chi connectivity index (χ2v) is 7.90. The average Bonchev–Trinajstić information content (AvgIpc) is 2.10. The molecule has 0 heterocycles. The lowest BCUT2D eigenvalue weighted by molar-refractivity contribution is -0.117. The smallest absolute Gasteiger partial charge is 0.218 e. The Labute approximate surface area is 101 Å². The van der Waals surface area contributed by atoms with Gasteiger partial charge in [0.15, 0.2) is 0 Å². The summed E-state index contributed by atoms with van der Waals surface area (Å²) in [4.78, 5) is 10.0. The molecule has 0 spiro atoms. The van der Waals surface area contributed by atoms with Crippen molar-refractivity contribution in [2.45, 2.75) is 12.8 Å². The predicted molar refractivity (Wildman–Crippen MR) is 63.5 cm³/mol. The van der Waals surface area contributed by atoms with E-state index < -0.39 is 25.6 Å². The summed E-state index contributed by atoms with van der Waals surface area (Å²) in [6.45, 7) is 0. The lowest BCUT2D eigenvalue weighted by atomic mass is 10.5. The van der Waals surface area contributed by atoms with E-state index in [4.69, 9.17) is 11.0 Å². The summed E-state index contributed by atoms with van der Waals surface area (Å²) in [5, 5.41) is 7.92. The molecule has 0 saturated carbocycles. The van der Waals surface area contributed by atoms with Crippen LogP contribution in [0.1, 0.15) is 12.8 Å². The number of nitrogens with two attached hydrogens (primary N) is 1. The van der Waals surface area contributed by atoms with Gasteiger partial charge in [-0.15, -0.1) is 0 Å². The van der Waals surface area contributed by atoms with Crippen LogP contribution in [0.4, 0.5) is 0 Å². The zero-order valence-electron chi connectivity index (χ0n) is 9.71. The molecule has 0 aliphatic heterocycles. The Balaban J connectivity index is 0. The van der Waals surface area contributed by atoms with Gasteiger partial charge in [-0.25, -0.2) is 16.8 Å². The maximum Gasteiger partial charge on any atom is 0.218 e. The second-order valence-electron chi connectivity index (χ2n) is 3.38. The molecular formula is C8H16N2O5S2. The van der Waals surface area contributed by atoms with Gasteiger partial charge in [-0.05, 0) is 0 Å². The van der Waals surface area contributed by atoms with Crippen molar-refractivity contribution in [3.63, 3.8) is 0 Å². The highest BCUT2D eigenvalue weighted by Crippen LogP contribution is 1.86. The lowest BCUT2D eigenvalue weighted by Crippen LogP contribution is -2.16. The number of hydrogen-bond acceptors (Lipinski definition) is 6. The van der Waals surface area contributed by atoms with Gasteiger partial charge in [-0.3, -0.25) is 4.79 Å². The first kappa shape index (κ1) is 18.2. The van der Waals surface area contributed by atoms with Gasteiger partial charge in [-0.1, -0.05) is 0 Å². The molecule has 0 rings (SSSR count). The monoisotopic (exact) mass is 284 g/mol. The fourth-order valence-electron chi connectivity index (χ4n) is 0.517. The zero-order chi connectivity index (χ0) is 14.1. The Bertz CT molecular complexity index is 473. The number of amides is 1. The minimum atomic E-state index is -3.02. The van der Waals surface area contributed by atoms with E-state index in [9.17, 15) is 21.6 Å². The summed E-state index contributed by atoms with van der Waals surface area (Å²) in [6.07, 6.45) is 2.19. The Morgan fingerprint density at radius 2 is 1.53 bits per heavy atom. The molecule has 0 aliphatic rings. The summed E-state index contributed by atoms with van der Waals surface area (Å²) in [5.74, 6) is -0.758. The number of hydrogen-bond donors (Lipinski definition) is 1. The van der Waals surface area contributed by atoms with Crippen LogP contribution in [0.2, 0.25) is 0 Å². The molecule has 0 fully saturated rings. The zero-order valence-corrected chi connectivity index (χ0v) is 11.3. The molecule has 0 saturated heterocycles. The first-order valence-electron chi connectivity index (χ1n) is 4.48. The molecule has 1 amide bonds. The van der Waals surface area contributed by atoms with Gasteiger partial charge in [0.1, 0.15) is 19.7 Å². The number of carbonyl (C=O) groups is 1. The third-order valence-electron chi connectivity index (χ3n) is 1.30. The molecule has 0 unspecified atom stereocenters. The van der Waals surface area contributed by atoms with Gasteiger partial charge in [-0.2, -0.15) is 5.26 Å². The van der Waals surface area contributed by atoms with E-state index >= 15 is 0 Å². The SMILES string of the molecule is CS(=O)(=O)CCC#N.CS(=O)(=O)CCC(N)=O. The van der Waals surface area contributed by atoms with Crippen molar-refractivity contribution in [2.24, 2.45) is 5.73 Å². The number of nitrogens with zero attached hydrogens (tertiary/aromatic N) is 1. The summed E-state index contributed by atoms with van der Waals surface area (Å²) in [6, 6.07) is 1.75. The van der Waals surface area contributed by atoms with Crippen LogP contribution >= 0.6 is 0 Å². The molecule has 7 nitrogen and oxygen atoms in total. The van der Waals surface area contributed by atoms with Crippen LogP contribution in [0.25, 0.3) is 0 Å². The predicted octanol–water partition coefficient (Wildman–Crippen LogP) is -1.15. The molecule has 100 valence electrons. The van der Waals surface area contributed by atoms with E-state index in [0.717, 1.165) is 12.5 Å². The second kappa shape index (κ2) is 8.03. The molecule has 9 heteroatoms. The average molecular weight is 284 g/mol. The molecular weight excluding hydrogens is 268 g/mol. The molecule has 0 bridgehead atoms. The molecule has 0 aromatic heterocycles. The first-order valence-corrected chi connectivity index (χ1v) is 8.61. The van der Waals surface area contributed by atoms with Crippen molar-refractivity contribution in [2.75, 3.05) is 24.0 Å².